The Labute approximate surface area is 158 Å². The van der Waals surface area contributed by atoms with Crippen molar-refractivity contribution in [3.8, 4) is 0 Å². The average molecular weight is 359 g/mol. The molecule has 0 fully saturated rings. The fraction of sp³-hybridized carbons (Fsp3) is 0.609. The van der Waals surface area contributed by atoms with Crippen LogP contribution >= 0.6 is 0 Å². The van der Waals surface area contributed by atoms with Crippen molar-refractivity contribution in [1.82, 2.24) is 0 Å². The molecule has 0 heterocycles. The van der Waals surface area contributed by atoms with E-state index in [1.165, 1.54) is 0 Å². The van der Waals surface area contributed by atoms with Crippen molar-refractivity contribution in [3.63, 3.8) is 0 Å². The van der Waals surface area contributed by atoms with Crippen molar-refractivity contribution in [2.75, 3.05) is 0 Å². The molecule has 0 aromatic heterocycles. The van der Waals surface area contributed by atoms with E-state index in [1.807, 2.05) is 39.8 Å². The van der Waals surface area contributed by atoms with E-state index in [4.69, 9.17) is 0 Å². The molecule has 0 saturated heterocycles. The van der Waals surface area contributed by atoms with Gasteiger partial charge in [-0.15, -0.1) is 0 Å². The summed E-state index contributed by atoms with van der Waals surface area (Å²) in [6, 6.07) is 0. The summed E-state index contributed by atoms with van der Waals surface area (Å²) < 4.78 is 0. The van der Waals surface area contributed by atoms with E-state index in [0.717, 1.165) is 22.3 Å². The van der Waals surface area contributed by atoms with Crippen molar-refractivity contribution in [3.05, 3.63) is 46.6 Å². The summed E-state index contributed by atoms with van der Waals surface area (Å²) in [5.41, 5.74) is 0.894. The Kier molecular flexibility index (Phi) is 5.56. The van der Waals surface area contributed by atoms with Gasteiger partial charge in [0, 0.05) is 11.8 Å². The Morgan fingerprint density at radius 3 is 1.42 bits per heavy atom. The zero-order valence-electron chi connectivity index (χ0n) is 17.4. The minimum atomic E-state index is -1.70. The van der Waals surface area contributed by atoms with Gasteiger partial charge in [0.15, 0.2) is 11.2 Å². The molecule has 144 valence electrons. The van der Waals surface area contributed by atoms with Crippen LogP contribution in [0.15, 0.2) is 46.6 Å². The van der Waals surface area contributed by atoms with Crippen LogP contribution in [0.2, 0.25) is 0 Å². The molecular weight excluding hydrogens is 324 g/mol. The smallest absolute Gasteiger partial charge is 0.204 e. The normalized spacial score (nSPS) is 35.1. The first-order valence-corrected chi connectivity index (χ1v) is 9.67. The van der Waals surface area contributed by atoms with Crippen molar-refractivity contribution in [2.45, 2.75) is 66.6 Å². The highest BCUT2D eigenvalue weighted by molar-refractivity contribution is 5.99. The summed E-state index contributed by atoms with van der Waals surface area (Å²) >= 11 is 0. The third-order valence-electron chi connectivity index (χ3n) is 6.54. The van der Waals surface area contributed by atoms with Crippen LogP contribution in [0.25, 0.3) is 0 Å². The molecule has 2 N–H and O–H groups in total. The van der Waals surface area contributed by atoms with E-state index in [-0.39, 0.29) is 11.8 Å². The number of hydrogen-bond donors (Lipinski definition) is 2. The lowest BCUT2D eigenvalue weighted by molar-refractivity contribution is -0.154. The highest BCUT2D eigenvalue weighted by atomic mass is 16.3. The molecule has 4 unspecified atom stereocenters. The summed E-state index contributed by atoms with van der Waals surface area (Å²) in [4.78, 5) is 13.4. The minimum absolute atomic E-state index is 0.323. The predicted molar refractivity (Wildman–Crippen MR) is 107 cm³/mol. The Morgan fingerprint density at radius 1 is 0.846 bits per heavy atom. The zero-order chi connectivity index (χ0) is 20.0. The van der Waals surface area contributed by atoms with Gasteiger partial charge in [-0.05, 0) is 49.0 Å². The van der Waals surface area contributed by atoms with Gasteiger partial charge in [-0.25, -0.2) is 0 Å². The van der Waals surface area contributed by atoms with Crippen molar-refractivity contribution in [1.29, 1.82) is 0 Å². The second-order valence-electron chi connectivity index (χ2n) is 8.68. The molecular formula is C23H34O3. The molecule has 0 bridgehead atoms. The Bertz CT molecular complexity index is 660. The quantitative estimate of drug-likeness (QED) is 0.784. The minimum Gasteiger partial charge on any atom is -0.377 e. The van der Waals surface area contributed by atoms with E-state index in [2.05, 4.69) is 27.7 Å². The molecule has 3 heteroatoms. The topological polar surface area (TPSA) is 57.5 Å². The van der Waals surface area contributed by atoms with Gasteiger partial charge in [-0.2, -0.15) is 0 Å². The summed E-state index contributed by atoms with van der Waals surface area (Å²) in [6.45, 7) is 16.1. The van der Waals surface area contributed by atoms with Gasteiger partial charge >= 0.3 is 0 Å². The summed E-state index contributed by atoms with van der Waals surface area (Å²) in [5.74, 6) is -0.648. The second-order valence-corrected chi connectivity index (χ2v) is 8.68. The summed E-state index contributed by atoms with van der Waals surface area (Å²) in [7, 11) is 0. The van der Waals surface area contributed by atoms with Gasteiger partial charge in [0.1, 0.15) is 0 Å². The molecule has 0 aromatic rings. The number of carbonyl (C=O) groups excluding carboxylic acids is 1. The Balaban J connectivity index is 2.44. The molecule has 3 nitrogen and oxygen atoms in total. The van der Waals surface area contributed by atoms with Crippen LogP contribution in [0.3, 0.4) is 0 Å². The lowest BCUT2D eigenvalue weighted by Gasteiger charge is -2.43. The van der Waals surface area contributed by atoms with Gasteiger partial charge in [0.25, 0.3) is 0 Å². The molecule has 0 aromatic carbocycles. The predicted octanol–water partition coefficient (Wildman–Crippen LogP) is 4.37. The first kappa shape index (κ1) is 20.9. The van der Waals surface area contributed by atoms with Gasteiger partial charge in [0.2, 0.25) is 5.78 Å². The van der Waals surface area contributed by atoms with Gasteiger partial charge in [-0.1, -0.05) is 64.8 Å². The van der Waals surface area contributed by atoms with Crippen molar-refractivity contribution in [2.24, 2.45) is 23.7 Å². The highest BCUT2D eigenvalue weighted by Gasteiger charge is 2.54. The van der Waals surface area contributed by atoms with Crippen LogP contribution in [0.1, 0.15) is 55.4 Å². The van der Waals surface area contributed by atoms with E-state index >= 15 is 0 Å². The van der Waals surface area contributed by atoms with Crippen LogP contribution in [0.5, 0.6) is 0 Å². The maximum atomic E-state index is 13.4. The number of carbonyl (C=O) groups is 1. The molecule has 0 radical (unpaired) electrons. The van der Waals surface area contributed by atoms with Crippen LogP contribution < -0.4 is 0 Å². The van der Waals surface area contributed by atoms with Crippen LogP contribution in [0.4, 0.5) is 0 Å². The lowest BCUT2D eigenvalue weighted by atomic mass is 9.65. The lowest BCUT2D eigenvalue weighted by Crippen LogP contribution is -2.58. The highest BCUT2D eigenvalue weighted by Crippen LogP contribution is 2.43. The van der Waals surface area contributed by atoms with Crippen molar-refractivity contribution >= 4 is 5.78 Å². The summed E-state index contributed by atoms with van der Waals surface area (Å²) in [5, 5.41) is 22.6. The number of Topliss-reactive ketones (excluding diaryl/α,β-unsaturated/α-hetero) is 1. The van der Waals surface area contributed by atoms with E-state index < -0.39 is 17.0 Å². The first-order valence-electron chi connectivity index (χ1n) is 9.67. The maximum absolute atomic E-state index is 13.4. The maximum Gasteiger partial charge on any atom is 0.204 e. The monoisotopic (exact) mass is 358 g/mol. The number of ketones is 1. The number of allylic oxidation sites excluding steroid dienone is 4. The van der Waals surface area contributed by atoms with Crippen LogP contribution in [-0.2, 0) is 4.79 Å². The molecule has 0 aliphatic heterocycles. The zero-order valence-corrected chi connectivity index (χ0v) is 17.4. The number of rotatable bonds is 4. The van der Waals surface area contributed by atoms with E-state index in [9.17, 15) is 15.0 Å². The van der Waals surface area contributed by atoms with Crippen LogP contribution in [-0.4, -0.2) is 27.2 Å². The SMILES string of the molecule is CC1=C(C(C)C)C=CC(O)(C(=O)C2(O)C=CC(C(C)C)=C(C)C2C)C1C. The second kappa shape index (κ2) is 6.94. The third kappa shape index (κ3) is 3.05. The van der Waals surface area contributed by atoms with Gasteiger partial charge in [-0.3, -0.25) is 4.79 Å². The van der Waals surface area contributed by atoms with Crippen LogP contribution in [0, 0.1) is 23.7 Å². The number of aliphatic hydroxyl groups is 2. The first-order chi connectivity index (χ1) is 11.9. The largest absolute Gasteiger partial charge is 0.377 e. The summed E-state index contributed by atoms with van der Waals surface area (Å²) in [6.07, 6.45) is 6.86. The molecule has 2 aliphatic carbocycles. The standard InChI is InChI=1S/C23H34O3/c1-13(2)19-9-11-22(25,17(7)15(19)5)21(24)23(26)12-10-20(14(3)4)16(6)18(23)8/h9-14,17-18,25-26H,1-8H3. The molecule has 0 spiro atoms. The fourth-order valence-electron chi connectivity index (χ4n) is 4.31. The van der Waals surface area contributed by atoms with E-state index in [1.54, 1.807) is 12.2 Å². The molecule has 0 amide bonds. The molecule has 0 saturated carbocycles. The average Bonchev–Trinajstić information content (AvgIpc) is 2.56. The molecule has 2 rings (SSSR count). The third-order valence-corrected chi connectivity index (χ3v) is 6.54. The van der Waals surface area contributed by atoms with E-state index in [0.29, 0.717) is 11.8 Å². The molecule has 26 heavy (non-hydrogen) atoms. The van der Waals surface area contributed by atoms with Crippen molar-refractivity contribution < 1.29 is 15.0 Å². The molecule has 4 atom stereocenters. The number of hydrogen-bond acceptors (Lipinski definition) is 3. The van der Waals surface area contributed by atoms with Gasteiger partial charge in [0.05, 0.1) is 0 Å². The van der Waals surface area contributed by atoms with Gasteiger partial charge < -0.3 is 10.2 Å². The Morgan fingerprint density at radius 2 is 1.15 bits per heavy atom. The molecule has 2 aliphatic rings. The Hall–Kier alpha value is -1.45. The fourth-order valence-corrected chi connectivity index (χ4v) is 4.31.